The van der Waals surface area contributed by atoms with E-state index >= 15 is 0 Å². The summed E-state index contributed by atoms with van der Waals surface area (Å²) in [4.78, 5) is 23.2. The molecule has 0 atom stereocenters. The molecule has 8 heteroatoms. The second kappa shape index (κ2) is 6.89. The zero-order valence-electron chi connectivity index (χ0n) is 11.4. The number of nitrogens with zero attached hydrogens (tertiary/aromatic N) is 3. The number of rotatable bonds is 5. The minimum atomic E-state index is -0.434. The van der Waals surface area contributed by atoms with E-state index in [9.17, 15) is 9.59 Å². The lowest BCUT2D eigenvalue weighted by atomic mass is 10.2. The predicted octanol–water partition coefficient (Wildman–Crippen LogP) is 0.674. The third-order valence-corrected chi connectivity index (χ3v) is 3.62. The molecule has 2 N–H and O–H groups in total. The zero-order valence-corrected chi connectivity index (χ0v) is 12.2. The third-order valence-electron chi connectivity index (χ3n) is 2.68. The molecule has 0 aliphatic rings. The Kier molecular flexibility index (Phi) is 4.94. The summed E-state index contributed by atoms with van der Waals surface area (Å²) < 4.78 is 5.47. The summed E-state index contributed by atoms with van der Waals surface area (Å²) in [6.45, 7) is 0. The van der Waals surface area contributed by atoms with Crippen LogP contribution in [-0.2, 0) is 9.53 Å². The lowest BCUT2D eigenvalue weighted by Crippen LogP contribution is -2.32. The molecule has 0 saturated heterocycles. The monoisotopic (exact) mass is 306 g/mol. The fourth-order valence-corrected chi connectivity index (χ4v) is 2.36. The molecule has 0 fully saturated rings. The molecule has 21 heavy (non-hydrogen) atoms. The van der Waals surface area contributed by atoms with E-state index in [1.165, 1.54) is 18.9 Å². The molecule has 0 unspecified atom stereocenters. The van der Waals surface area contributed by atoms with Crippen LogP contribution < -0.4 is 11.4 Å². The topological polar surface area (TPSA) is 100 Å². The SMILES string of the molecule is COC(=O)CCSc1nnc(-c2ccccc2)c(=O)n1N. The van der Waals surface area contributed by atoms with Gasteiger partial charge in [0, 0.05) is 11.3 Å². The average Bonchev–Trinajstić information content (AvgIpc) is 2.52. The number of esters is 1. The van der Waals surface area contributed by atoms with Crippen LogP contribution in [0.2, 0.25) is 0 Å². The quantitative estimate of drug-likeness (QED) is 0.492. The summed E-state index contributed by atoms with van der Waals surface area (Å²) in [6.07, 6.45) is 0.206. The highest BCUT2D eigenvalue weighted by molar-refractivity contribution is 7.99. The number of benzene rings is 1. The first-order valence-electron chi connectivity index (χ1n) is 6.13. The van der Waals surface area contributed by atoms with E-state index in [-0.39, 0.29) is 23.2 Å². The van der Waals surface area contributed by atoms with E-state index in [0.717, 1.165) is 4.68 Å². The first-order chi connectivity index (χ1) is 10.1. The van der Waals surface area contributed by atoms with Crippen molar-refractivity contribution in [2.45, 2.75) is 11.6 Å². The molecule has 0 spiro atoms. The van der Waals surface area contributed by atoms with Gasteiger partial charge in [0.1, 0.15) is 0 Å². The molecule has 7 nitrogen and oxygen atoms in total. The highest BCUT2D eigenvalue weighted by Gasteiger charge is 2.12. The highest BCUT2D eigenvalue weighted by Crippen LogP contribution is 2.15. The first-order valence-corrected chi connectivity index (χ1v) is 7.12. The van der Waals surface area contributed by atoms with E-state index in [1.54, 1.807) is 24.3 Å². The standard InChI is InChI=1S/C13H14N4O3S/c1-20-10(18)7-8-21-13-16-15-11(12(19)17(13)14)9-5-3-2-4-6-9/h2-6H,7-8,14H2,1H3. The summed E-state index contributed by atoms with van der Waals surface area (Å²) in [5.74, 6) is 5.81. The molecular formula is C13H14N4O3S. The van der Waals surface area contributed by atoms with Crippen LogP contribution in [0.15, 0.2) is 40.3 Å². The third kappa shape index (κ3) is 3.60. The summed E-state index contributed by atoms with van der Waals surface area (Å²) in [5, 5.41) is 8.12. The number of methoxy groups -OCH3 is 1. The fourth-order valence-electron chi connectivity index (χ4n) is 1.59. The smallest absolute Gasteiger partial charge is 0.306 e. The number of hydrogen-bond donors (Lipinski definition) is 1. The van der Waals surface area contributed by atoms with Crippen LogP contribution in [0, 0.1) is 0 Å². The van der Waals surface area contributed by atoms with Crippen molar-refractivity contribution in [2.24, 2.45) is 0 Å². The summed E-state index contributed by atoms with van der Waals surface area (Å²) in [7, 11) is 1.32. The van der Waals surface area contributed by atoms with Crippen molar-refractivity contribution in [1.29, 1.82) is 0 Å². The van der Waals surface area contributed by atoms with Crippen LogP contribution in [-0.4, -0.2) is 33.7 Å². The van der Waals surface area contributed by atoms with Crippen LogP contribution in [0.5, 0.6) is 0 Å². The highest BCUT2D eigenvalue weighted by atomic mass is 32.2. The number of thioether (sulfide) groups is 1. The Balaban J connectivity index is 2.18. The minimum Gasteiger partial charge on any atom is -0.469 e. The van der Waals surface area contributed by atoms with Crippen molar-refractivity contribution in [3.05, 3.63) is 40.7 Å². The Morgan fingerprint density at radius 2 is 2.05 bits per heavy atom. The number of nitrogens with two attached hydrogens (primary N) is 1. The minimum absolute atomic E-state index is 0.190. The predicted molar refractivity (Wildman–Crippen MR) is 79.2 cm³/mol. The molecule has 0 saturated carbocycles. The first kappa shape index (κ1) is 15.0. The number of hydrogen-bond acceptors (Lipinski definition) is 7. The molecule has 2 rings (SSSR count). The van der Waals surface area contributed by atoms with Crippen molar-refractivity contribution in [1.82, 2.24) is 14.9 Å². The molecule has 110 valence electrons. The van der Waals surface area contributed by atoms with E-state index in [2.05, 4.69) is 14.9 Å². The number of ether oxygens (including phenoxy) is 1. The van der Waals surface area contributed by atoms with Crippen LogP contribution in [0.4, 0.5) is 0 Å². The Morgan fingerprint density at radius 1 is 1.33 bits per heavy atom. The van der Waals surface area contributed by atoms with E-state index in [4.69, 9.17) is 5.84 Å². The molecule has 0 bridgehead atoms. The van der Waals surface area contributed by atoms with Crippen molar-refractivity contribution in [3.8, 4) is 11.3 Å². The zero-order chi connectivity index (χ0) is 15.2. The fraction of sp³-hybridized carbons (Fsp3) is 0.231. The summed E-state index contributed by atoms with van der Waals surface area (Å²) >= 11 is 1.17. The van der Waals surface area contributed by atoms with Crippen LogP contribution in [0.25, 0.3) is 11.3 Å². The van der Waals surface area contributed by atoms with Crippen LogP contribution in [0.3, 0.4) is 0 Å². The van der Waals surface area contributed by atoms with Crippen molar-refractivity contribution >= 4 is 17.7 Å². The molecule has 0 aliphatic carbocycles. The maximum absolute atomic E-state index is 12.2. The van der Waals surface area contributed by atoms with Crippen molar-refractivity contribution in [2.75, 3.05) is 18.7 Å². The number of carbonyl (C=O) groups excluding carboxylic acids is 1. The lowest BCUT2D eigenvalue weighted by molar-refractivity contribution is -0.140. The molecular weight excluding hydrogens is 292 g/mol. The maximum atomic E-state index is 12.2. The molecule has 1 aromatic heterocycles. The van der Waals surface area contributed by atoms with Gasteiger partial charge in [0.05, 0.1) is 13.5 Å². The van der Waals surface area contributed by atoms with Gasteiger partial charge in [-0.15, -0.1) is 10.2 Å². The molecule has 0 radical (unpaired) electrons. The van der Waals surface area contributed by atoms with Gasteiger partial charge in [-0.25, -0.2) is 0 Å². The van der Waals surface area contributed by atoms with E-state index < -0.39 is 5.56 Å². The van der Waals surface area contributed by atoms with E-state index in [1.807, 2.05) is 6.07 Å². The second-order valence-electron chi connectivity index (χ2n) is 4.05. The van der Waals surface area contributed by atoms with Gasteiger partial charge in [0.25, 0.3) is 5.56 Å². The number of nitrogen functional groups attached to an aromatic ring is 1. The maximum Gasteiger partial charge on any atom is 0.306 e. The molecule has 2 aromatic rings. The summed E-state index contributed by atoms with van der Waals surface area (Å²) in [6, 6.07) is 8.96. The van der Waals surface area contributed by atoms with Crippen LogP contribution in [0.1, 0.15) is 6.42 Å². The molecule has 1 aromatic carbocycles. The second-order valence-corrected chi connectivity index (χ2v) is 5.11. The molecule has 0 amide bonds. The van der Waals surface area contributed by atoms with Crippen molar-refractivity contribution in [3.63, 3.8) is 0 Å². The Labute approximate surface area is 125 Å². The van der Waals surface area contributed by atoms with Gasteiger partial charge >= 0.3 is 5.97 Å². The van der Waals surface area contributed by atoms with Gasteiger partial charge < -0.3 is 10.6 Å². The molecule has 0 aliphatic heterocycles. The van der Waals surface area contributed by atoms with Gasteiger partial charge in [-0.2, -0.15) is 4.68 Å². The Bertz CT molecular complexity index is 688. The van der Waals surface area contributed by atoms with Gasteiger partial charge in [0.2, 0.25) is 5.16 Å². The van der Waals surface area contributed by atoms with Gasteiger partial charge in [-0.3, -0.25) is 9.59 Å². The van der Waals surface area contributed by atoms with Crippen LogP contribution >= 0.6 is 11.8 Å². The largest absolute Gasteiger partial charge is 0.469 e. The normalized spacial score (nSPS) is 10.3. The van der Waals surface area contributed by atoms with Gasteiger partial charge in [-0.05, 0) is 0 Å². The average molecular weight is 306 g/mol. The Morgan fingerprint density at radius 3 is 2.71 bits per heavy atom. The molecule has 1 heterocycles. The van der Waals surface area contributed by atoms with Crippen molar-refractivity contribution < 1.29 is 9.53 Å². The van der Waals surface area contributed by atoms with Gasteiger partial charge in [0.15, 0.2) is 5.69 Å². The summed E-state index contributed by atoms with van der Waals surface area (Å²) in [5.41, 5.74) is 0.410. The number of carbonyl (C=O) groups is 1. The number of aromatic nitrogens is 3. The van der Waals surface area contributed by atoms with Gasteiger partial charge in [-0.1, -0.05) is 42.1 Å². The Hall–Kier alpha value is -2.35. The lowest BCUT2D eigenvalue weighted by Gasteiger charge is -2.07. The van der Waals surface area contributed by atoms with E-state index in [0.29, 0.717) is 11.3 Å².